The van der Waals surface area contributed by atoms with E-state index < -0.39 is 15.6 Å². The van der Waals surface area contributed by atoms with E-state index in [1.54, 1.807) is 0 Å². The van der Waals surface area contributed by atoms with Crippen molar-refractivity contribution in [3.63, 3.8) is 0 Å². The molecule has 0 atom stereocenters. The number of benzene rings is 1. The minimum Gasteiger partial charge on any atom is -0.399 e. The third kappa shape index (κ3) is 2.66. The molecule has 8 heteroatoms. The summed E-state index contributed by atoms with van der Waals surface area (Å²) in [6.07, 6.45) is 1.11. The lowest BCUT2D eigenvalue weighted by atomic mass is 10.3. The largest absolute Gasteiger partial charge is 0.399 e. The average molecular weight is 266 g/mol. The van der Waals surface area contributed by atoms with Crippen molar-refractivity contribution in [1.82, 2.24) is 9.97 Å². The molecule has 0 amide bonds. The summed E-state index contributed by atoms with van der Waals surface area (Å²) in [5.41, 5.74) is 5.49. The number of nitrogens with two attached hydrogens (primary N) is 1. The van der Waals surface area contributed by atoms with E-state index in [9.17, 15) is 13.2 Å². The summed E-state index contributed by atoms with van der Waals surface area (Å²) in [6, 6.07) is 6.73. The number of nitrogens with one attached hydrogen (secondary N) is 2. The van der Waals surface area contributed by atoms with Crippen molar-refractivity contribution in [3.05, 3.63) is 47.0 Å². The second-order valence-corrected chi connectivity index (χ2v) is 5.15. The highest BCUT2D eigenvalue weighted by Gasteiger charge is 2.14. The number of H-pyrrole nitrogens is 1. The molecule has 0 saturated heterocycles. The Bertz CT molecular complexity index is 706. The van der Waals surface area contributed by atoms with Gasteiger partial charge in [0.15, 0.2) is 0 Å². The molecule has 2 rings (SSSR count). The Kier molecular flexibility index (Phi) is 3.02. The van der Waals surface area contributed by atoms with Gasteiger partial charge >= 0.3 is 0 Å². The zero-order chi connectivity index (χ0) is 13.2. The predicted octanol–water partition coefficient (Wildman–Crippen LogP) is 0.153. The van der Waals surface area contributed by atoms with Crippen LogP contribution in [0.2, 0.25) is 0 Å². The Morgan fingerprint density at radius 3 is 2.50 bits per heavy atom. The van der Waals surface area contributed by atoms with Gasteiger partial charge in [-0.25, -0.2) is 13.4 Å². The van der Waals surface area contributed by atoms with Crippen LogP contribution in [0.5, 0.6) is 0 Å². The van der Waals surface area contributed by atoms with Crippen LogP contribution in [0.15, 0.2) is 46.3 Å². The standard InChI is InChI=1S/C10H10N4O3S/c11-7-1-3-8(4-2-7)18(16,17)14-9-5-10(15)13-6-12-9/h1-6H,11H2,(H2,12,13,14,15). The highest BCUT2D eigenvalue weighted by molar-refractivity contribution is 7.92. The van der Waals surface area contributed by atoms with Gasteiger partial charge in [-0.2, -0.15) is 0 Å². The minimum atomic E-state index is -3.77. The quantitative estimate of drug-likeness (QED) is 0.683. The fourth-order valence-electron chi connectivity index (χ4n) is 1.27. The Morgan fingerprint density at radius 1 is 1.22 bits per heavy atom. The Balaban J connectivity index is 2.33. The van der Waals surface area contributed by atoms with Gasteiger partial charge in [-0.05, 0) is 24.3 Å². The van der Waals surface area contributed by atoms with Crippen LogP contribution in [0, 0.1) is 0 Å². The second-order valence-electron chi connectivity index (χ2n) is 3.47. The Hall–Kier alpha value is -2.35. The molecule has 0 bridgehead atoms. The van der Waals surface area contributed by atoms with Crippen molar-refractivity contribution < 1.29 is 8.42 Å². The van der Waals surface area contributed by atoms with Gasteiger partial charge in [0.25, 0.3) is 15.6 Å². The lowest BCUT2D eigenvalue weighted by molar-refractivity contribution is 0.601. The van der Waals surface area contributed by atoms with Gasteiger partial charge in [-0.3, -0.25) is 9.52 Å². The van der Waals surface area contributed by atoms with Crippen molar-refractivity contribution in [2.24, 2.45) is 0 Å². The number of aromatic nitrogens is 2. The Morgan fingerprint density at radius 2 is 1.89 bits per heavy atom. The summed E-state index contributed by atoms with van der Waals surface area (Å²) in [4.78, 5) is 17.0. The number of anilines is 2. The van der Waals surface area contributed by atoms with E-state index in [1.807, 2.05) is 0 Å². The zero-order valence-electron chi connectivity index (χ0n) is 9.12. The maximum atomic E-state index is 11.9. The van der Waals surface area contributed by atoms with Crippen LogP contribution < -0.4 is 16.0 Å². The molecule has 2 aromatic rings. The van der Waals surface area contributed by atoms with Crippen LogP contribution in [0.25, 0.3) is 0 Å². The monoisotopic (exact) mass is 266 g/mol. The van der Waals surface area contributed by atoms with Crippen LogP contribution in [-0.2, 0) is 10.0 Å². The molecule has 0 fully saturated rings. The number of nitrogens with zero attached hydrogens (tertiary/aromatic N) is 1. The molecule has 1 heterocycles. The Labute approximate surface area is 103 Å². The maximum absolute atomic E-state index is 11.9. The number of hydrogen-bond donors (Lipinski definition) is 3. The van der Waals surface area contributed by atoms with Crippen molar-refractivity contribution in [2.75, 3.05) is 10.5 Å². The molecular weight excluding hydrogens is 256 g/mol. The van der Waals surface area contributed by atoms with Crippen LogP contribution in [0.3, 0.4) is 0 Å². The third-order valence-corrected chi connectivity index (χ3v) is 3.48. The fraction of sp³-hybridized carbons (Fsp3) is 0. The molecule has 7 nitrogen and oxygen atoms in total. The van der Waals surface area contributed by atoms with Crippen LogP contribution in [0.4, 0.5) is 11.5 Å². The molecule has 0 spiro atoms. The number of rotatable bonds is 3. The topological polar surface area (TPSA) is 118 Å². The van der Waals surface area contributed by atoms with Crippen LogP contribution >= 0.6 is 0 Å². The summed E-state index contributed by atoms with van der Waals surface area (Å²) in [5.74, 6) is -0.0458. The lowest BCUT2D eigenvalue weighted by Crippen LogP contribution is -2.16. The number of hydrogen-bond acceptors (Lipinski definition) is 5. The number of aromatic amines is 1. The molecule has 18 heavy (non-hydrogen) atoms. The molecule has 0 radical (unpaired) electrons. The van der Waals surface area contributed by atoms with Crippen molar-refractivity contribution in [3.8, 4) is 0 Å². The highest BCUT2D eigenvalue weighted by atomic mass is 32.2. The van der Waals surface area contributed by atoms with Crippen LogP contribution in [0.1, 0.15) is 0 Å². The summed E-state index contributed by atoms with van der Waals surface area (Å²) in [5, 5.41) is 0. The normalized spacial score (nSPS) is 11.1. The van der Waals surface area contributed by atoms with Gasteiger partial charge in [-0.1, -0.05) is 0 Å². The lowest BCUT2D eigenvalue weighted by Gasteiger charge is -2.06. The molecule has 0 aliphatic carbocycles. The molecule has 0 saturated carbocycles. The maximum Gasteiger partial charge on any atom is 0.263 e. The first-order chi connectivity index (χ1) is 8.47. The summed E-state index contributed by atoms with van der Waals surface area (Å²) < 4.78 is 26.0. The van der Waals surface area contributed by atoms with Crippen molar-refractivity contribution in [1.29, 1.82) is 0 Å². The molecule has 1 aromatic carbocycles. The fourth-order valence-corrected chi connectivity index (χ4v) is 2.27. The average Bonchev–Trinajstić information content (AvgIpc) is 2.29. The smallest absolute Gasteiger partial charge is 0.263 e. The third-order valence-electron chi connectivity index (χ3n) is 2.11. The van der Waals surface area contributed by atoms with Gasteiger partial charge < -0.3 is 10.7 Å². The first kappa shape index (κ1) is 12.1. The SMILES string of the molecule is Nc1ccc(S(=O)(=O)Nc2cc(=O)[nH]cn2)cc1. The molecule has 0 aliphatic heterocycles. The number of nitrogen functional groups attached to an aromatic ring is 1. The van der Waals surface area contributed by atoms with E-state index in [2.05, 4.69) is 14.7 Å². The van der Waals surface area contributed by atoms with E-state index in [1.165, 1.54) is 24.3 Å². The molecule has 1 aromatic heterocycles. The van der Waals surface area contributed by atoms with Gasteiger partial charge in [-0.15, -0.1) is 0 Å². The van der Waals surface area contributed by atoms with Crippen molar-refractivity contribution >= 4 is 21.5 Å². The van der Waals surface area contributed by atoms with E-state index in [0.717, 1.165) is 12.4 Å². The molecule has 94 valence electrons. The summed E-state index contributed by atoms with van der Waals surface area (Å²) in [7, 11) is -3.77. The van der Waals surface area contributed by atoms with E-state index >= 15 is 0 Å². The van der Waals surface area contributed by atoms with Gasteiger partial charge in [0.1, 0.15) is 5.82 Å². The molecule has 4 N–H and O–H groups in total. The first-order valence-corrected chi connectivity index (χ1v) is 6.39. The summed E-state index contributed by atoms with van der Waals surface area (Å²) >= 11 is 0. The summed E-state index contributed by atoms with van der Waals surface area (Å²) in [6.45, 7) is 0. The van der Waals surface area contributed by atoms with E-state index in [-0.39, 0.29) is 10.7 Å². The van der Waals surface area contributed by atoms with E-state index in [0.29, 0.717) is 5.69 Å². The van der Waals surface area contributed by atoms with Gasteiger partial charge in [0.2, 0.25) is 0 Å². The van der Waals surface area contributed by atoms with Crippen LogP contribution in [-0.4, -0.2) is 18.4 Å². The van der Waals surface area contributed by atoms with Crippen molar-refractivity contribution in [2.45, 2.75) is 4.90 Å². The minimum absolute atomic E-state index is 0.0405. The zero-order valence-corrected chi connectivity index (χ0v) is 9.94. The predicted molar refractivity (Wildman–Crippen MR) is 66.5 cm³/mol. The number of sulfonamides is 1. The molecular formula is C10H10N4O3S. The molecule has 0 unspecified atom stereocenters. The molecule has 0 aliphatic rings. The second kappa shape index (κ2) is 4.49. The highest BCUT2D eigenvalue weighted by Crippen LogP contribution is 2.14. The van der Waals surface area contributed by atoms with Gasteiger partial charge in [0, 0.05) is 11.8 Å². The first-order valence-electron chi connectivity index (χ1n) is 4.90. The van der Waals surface area contributed by atoms with E-state index in [4.69, 9.17) is 5.73 Å². The van der Waals surface area contributed by atoms with Gasteiger partial charge in [0.05, 0.1) is 11.2 Å².